The lowest BCUT2D eigenvalue weighted by atomic mass is 10.1. The maximum Gasteiger partial charge on any atom is 0.248 e. The average molecular weight is 256 g/mol. The summed E-state index contributed by atoms with van der Waals surface area (Å²) in [5, 5.41) is 0. The Morgan fingerprint density at radius 1 is 1.16 bits per heavy atom. The third-order valence-corrected chi connectivity index (χ3v) is 2.89. The van der Waals surface area contributed by atoms with Crippen molar-refractivity contribution in [3.05, 3.63) is 59.2 Å². The highest BCUT2D eigenvalue weighted by atomic mass is 16.5. The van der Waals surface area contributed by atoms with Crippen LogP contribution in [0.2, 0.25) is 0 Å². The quantitative estimate of drug-likeness (QED) is 0.823. The van der Waals surface area contributed by atoms with Crippen LogP contribution in [0, 0.1) is 6.92 Å². The summed E-state index contributed by atoms with van der Waals surface area (Å²) in [5.74, 6) is 0.340. The van der Waals surface area contributed by atoms with E-state index in [0.717, 1.165) is 22.6 Å². The zero-order valence-corrected chi connectivity index (χ0v) is 10.7. The van der Waals surface area contributed by atoms with Gasteiger partial charge in [0.2, 0.25) is 5.91 Å². The van der Waals surface area contributed by atoms with E-state index >= 15 is 0 Å². The molecule has 2 aromatic carbocycles. The van der Waals surface area contributed by atoms with Crippen LogP contribution in [0.25, 0.3) is 0 Å². The molecule has 0 atom stereocenters. The van der Waals surface area contributed by atoms with E-state index in [1.807, 2.05) is 37.3 Å². The molecule has 0 aromatic heterocycles. The number of anilines is 1. The van der Waals surface area contributed by atoms with Crippen LogP contribution in [0.5, 0.6) is 5.75 Å². The largest absolute Gasteiger partial charge is 0.489 e. The number of carbonyl (C=O) groups excluding carboxylic acids is 1. The number of carbonyl (C=O) groups is 1. The van der Waals surface area contributed by atoms with Crippen molar-refractivity contribution in [3.63, 3.8) is 0 Å². The monoisotopic (exact) mass is 256 g/mol. The van der Waals surface area contributed by atoms with Crippen molar-refractivity contribution in [2.45, 2.75) is 13.5 Å². The fraction of sp³-hybridized carbons (Fsp3) is 0.133. The van der Waals surface area contributed by atoms with Gasteiger partial charge in [-0.3, -0.25) is 4.79 Å². The molecule has 0 aliphatic carbocycles. The normalized spacial score (nSPS) is 10.2. The highest BCUT2D eigenvalue weighted by Gasteiger charge is 2.01. The van der Waals surface area contributed by atoms with Gasteiger partial charge in [-0.1, -0.05) is 12.1 Å². The molecule has 4 heteroatoms. The minimum absolute atomic E-state index is 0.429. The molecule has 0 bridgehead atoms. The van der Waals surface area contributed by atoms with Crippen LogP contribution in [0.15, 0.2) is 42.5 Å². The summed E-state index contributed by atoms with van der Waals surface area (Å²) >= 11 is 0. The number of rotatable bonds is 4. The predicted molar refractivity (Wildman–Crippen MR) is 74.9 cm³/mol. The van der Waals surface area contributed by atoms with Crippen LogP contribution in [0.1, 0.15) is 21.5 Å². The van der Waals surface area contributed by atoms with Gasteiger partial charge >= 0.3 is 0 Å². The summed E-state index contributed by atoms with van der Waals surface area (Å²) in [5.41, 5.74) is 14.1. The van der Waals surface area contributed by atoms with Crippen molar-refractivity contribution < 1.29 is 9.53 Å². The van der Waals surface area contributed by atoms with Gasteiger partial charge in [0.25, 0.3) is 0 Å². The molecule has 0 spiro atoms. The topological polar surface area (TPSA) is 78.3 Å². The number of ether oxygens (including phenoxy) is 1. The number of amides is 1. The van der Waals surface area contributed by atoms with Crippen LogP contribution >= 0.6 is 0 Å². The summed E-state index contributed by atoms with van der Waals surface area (Å²) in [4.78, 5) is 10.9. The van der Waals surface area contributed by atoms with E-state index in [-0.39, 0.29) is 0 Å². The molecule has 2 aromatic rings. The lowest BCUT2D eigenvalue weighted by Crippen LogP contribution is -2.10. The molecule has 0 fully saturated rings. The van der Waals surface area contributed by atoms with E-state index < -0.39 is 5.91 Å². The van der Waals surface area contributed by atoms with Crippen LogP contribution in [-0.2, 0) is 6.61 Å². The first-order chi connectivity index (χ1) is 9.06. The standard InChI is InChI=1S/C15H16N2O2/c1-10-8-13(6-7-14(10)16)19-9-11-2-4-12(5-3-11)15(17)18/h2-8H,9,16H2,1H3,(H2,17,18). The number of benzene rings is 2. The Bertz CT molecular complexity index is 592. The maximum atomic E-state index is 10.9. The molecule has 0 heterocycles. The molecule has 98 valence electrons. The van der Waals surface area contributed by atoms with Crippen molar-refractivity contribution in [2.24, 2.45) is 5.73 Å². The lowest BCUT2D eigenvalue weighted by molar-refractivity contribution is 0.1000. The predicted octanol–water partition coefficient (Wildman–Crippen LogP) is 2.26. The molecule has 4 nitrogen and oxygen atoms in total. The molecule has 0 unspecified atom stereocenters. The van der Waals surface area contributed by atoms with Crippen molar-refractivity contribution >= 4 is 11.6 Å². The molecule has 0 saturated heterocycles. The Balaban J connectivity index is 2.01. The van der Waals surface area contributed by atoms with Crippen LogP contribution in [-0.4, -0.2) is 5.91 Å². The Morgan fingerprint density at radius 2 is 1.84 bits per heavy atom. The number of aryl methyl sites for hydroxylation is 1. The van der Waals surface area contributed by atoms with E-state index in [2.05, 4.69) is 0 Å². The Kier molecular flexibility index (Phi) is 3.71. The van der Waals surface area contributed by atoms with Gasteiger partial charge in [0, 0.05) is 11.3 Å². The molecule has 1 amide bonds. The third-order valence-electron chi connectivity index (χ3n) is 2.89. The highest BCUT2D eigenvalue weighted by molar-refractivity contribution is 5.92. The van der Waals surface area contributed by atoms with E-state index in [4.69, 9.17) is 16.2 Å². The molecule has 0 aliphatic heterocycles. The Hall–Kier alpha value is -2.49. The molecule has 0 aliphatic rings. The highest BCUT2D eigenvalue weighted by Crippen LogP contribution is 2.19. The molecule has 19 heavy (non-hydrogen) atoms. The van der Waals surface area contributed by atoms with Gasteiger partial charge in [-0.25, -0.2) is 0 Å². The van der Waals surface area contributed by atoms with Crippen molar-refractivity contribution in [1.29, 1.82) is 0 Å². The second kappa shape index (κ2) is 5.44. The Morgan fingerprint density at radius 3 is 2.42 bits per heavy atom. The third kappa shape index (κ3) is 3.25. The molecular formula is C15H16N2O2. The van der Waals surface area contributed by atoms with Gasteiger partial charge in [-0.2, -0.15) is 0 Å². The maximum absolute atomic E-state index is 10.9. The van der Waals surface area contributed by atoms with Crippen LogP contribution in [0.4, 0.5) is 5.69 Å². The van der Waals surface area contributed by atoms with Crippen LogP contribution in [0.3, 0.4) is 0 Å². The van der Waals surface area contributed by atoms with Crippen LogP contribution < -0.4 is 16.2 Å². The summed E-state index contributed by atoms with van der Waals surface area (Å²) in [6, 6.07) is 12.6. The van der Waals surface area contributed by atoms with E-state index in [1.54, 1.807) is 12.1 Å². The van der Waals surface area contributed by atoms with Gasteiger partial charge in [0.15, 0.2) is 0 Å². The average Bonchev–Trinajstić information content (AvgIpc) is 2.40. The van der Waals surface area contributed by atoms with Gasteiger partial charge < -0.3 is 16.2 Å². The van der Waals surface area contributed by atoms with Gasteiger partial charge in [0.05, 0.1) is 0 Å². The fourth-order valence-corrected chi connectivity index (χ4v) is 1.67. The molecule has 2 rings (SSSR count). The summed E-state index contributed by atoms with van der Waals surface area (Å²) in [7, 11) is 0. The zero-order chi connectivity index (χ0) is 13.8. The van der Waals surface area contributed by atoms with E-state index in [1.165, 1.54) is 0 Å². The number of primary amides is 1. The van der Waals surface area contributed by atoms with E-state index in [9.17, 15) is 4.79 Å². The Labute approximate surface area is 112 Å². The van der Waals surface area contributed by atoms with Crippen molar-refractivity contribution in [2.75, 3.05) is 5.73 Å². The summed E-state index contributed by atoms with van der Waals surface area (Å²) in [6.45, 7) is 2.37. The number of nitrogens with two attached hydrogens (primary N) is 2. The molecular weight excluding hydrogens is 240 g/mol. The number of hydrogen-bond donors (Lipinski definition) is 2. The lowest BCUT2D eigenvalue weighted by Gasteiger charge is -2.08. The SMILES string of the molecule is Cc1cc(OCc2ccc(C(N)=O)cc2)ccc1N. The molecule has 0 radical (unpaired) electrons. The number of hydrogen-bond acceptors (Lipinski definition) is 3. The van der Waals surface area contributed by atoms with Gasteiger partial charge in [0.1, 0.15) is 12.4 Å². The minimum Gasteiger partial charge on any atom is -0.489 e. The van der Waals surface area contributed by atoms with Crippen molar-refractivity contribution in [3.8, 4) is 5.75 Å². The zero-order valence-electron chi connectivity index (χ0n) is 10.7. The first kappa shape index (κ1) is 13.0. The summed E-state index contributed by atoms with van der Waals surface area (Å²) in [6.07, 6.45) is 0. The first-order valence-corrected chi connectivity index (χ1v) is 5.94. The summed E-state index contributed by atoms with van der Waals surface area (Å²) < 4.78 is 5.66. The smallest absolute Gasteiger partial charge is 0.248 e. The van der Waals surface area contributed by atoms with E-state index in [0.29, 0.717) is 12.2 Å². The van der Waals surface area contributed by atoms with Crippen molar-refractivity contribution in [1.82, 2.24) is 0 Å². The second-order valence-corrected chi connectivity index (χ2v) is 4.37. The van der Waals surface area contributed by atoms with Gasteiger partial charge in [-0.15, -0.1) is 0 Å². The number of nitrogen functional groups attached to an aromatic ring is 1. The fourth-order valence-electron chi connectivity index (χ4n) is 1.67. The second-order valence-electron chi connectivity index (χ2n) is 4.37. The molecule has 0 saturated carbocycles. The first-order valence-electron chi connectivity index (χ1n) is 5.94. The molecule has 4 N–H and O–H groups in total. The minimum atomic E-state index is -0.429. The van der Waals surface area contributed by atoms with Gasteiger partial charge in [-0.05, 0) is 48.4 Å².